The highest BCUT2D eigenvalue weighted by Gasteiger charge is 2.31. The number of ether oxygens (including phenoxy) is 2. The fourth-order valence-corrected chi connectivity index (χ4v) is 4.14. The van der Waals surface area contributed by atoms with Crippen LogP contribution in [-0.2, 0) is 19.1 Å². The third kappa shape index (κ3) is 6.08. The fraction of sp³-hybridized carbons (Fsp3) is 0.652. The van der Waals surface area contributed by atoms with Crippen LogP contribution in [0.2, 0.25) is 0 Å². The second kappa shape index (κ2) is 11.1. The lowest BCUT2D eigenvalue weighted by Gasteiger charge is -2.29. The Bertz CT molecular complexity index is 585. The van der Waals surface area contributed by atoms with Gasteiger partial charge in [-0.1, -0.05) is 56.9 Å². The van der Waals surface area contributed by atoms with Crippen molar-refractivity contribution in [1.82, 2.24) is 0 Å². The lowest BCUT2D eigenvalue weighted by molar-refractivity contribution is -0.155. The standard InChI is InChI=1S/C23H34O4/c1-4-6-7-8-17-9-11-18(12-10-17)19-13-15-20(16-14-19)21(22(24)26-3)23(25)27-5-2/h13-18,21H,4-12H2,1-3H3. The Labute approximate surface area is 163 Å². The molecule has 0 heterocycles. The molecule has 1 aromatic rings. The molecule has 2 rings (SSSR count). The SMILES string of the molecule is CCCCCC1CCC(c2ccc(C(C(=O)OC)C(=O)OCC)cc2)CC1. The topological polar surface area (TPSA) is 52.6 Å². The molecule has 0 radical (unpaired) electrons. The molecule has 0 spiro atoms. The van der Waals surface area contributed by atoms with Gasteiger partial charge in [0, 0.05) is 0 Å². The van der Waals surface area contributed by atoms with Crippen molar-refractivity contribution in [1.29, 1.82) is 0 Å². The molecular formula is C23H34O4. The van der Waals surface area contributed by atoms with Crippen LogP contribution in [0.4, 0.5) is 0 Å². The first-order valence-corrected chi connectivity index (χ1v) is 10.4. The van der Waals surface area contributed by atoms with E-state index in [-0.39, 0.29) is 6.61 Å². The Morgan fingerprint density at radius 1 is 1.00 bits per heavy atom. The summed E-state index contributed by atoms with van der Waals surface area (Å²) in [6.45, 7) is 4.23. The third-order valence-electron chi connectivity index (χ3n) is 5.76. The molecule has 150 valence electrons. The number of benzene rings is 1. The van der Waals surface area contributed by atoms with Crippen molar-refractivity contribution < 1.29 is 19.1 Å². The summed E-state index contributed by atoms with van der Waals surface area (Å²) in [6, 6.07) is 7.88. The van der Waals surface area contributed by atoms with Gasteiger partial charge in [0.1, 0.15) is 0 Å². The number of carbonyl (C=O) groups excluding carboxylic acids is 2. The van der Waals surface area contributed by atoms with Crippen molar-refractivity contribution in [3.63, 3.8) is 0 Å². The smallest absolute Gasteiger partial charge is 0.324 e. The van der Waals surface area contributed by atoms with Crippen LogP contribution in [0.1, 0.15) is 88.2 Å². The summed E-state index contributed by atoms with van der Waals surface area (Å²) in [5, 5.41) is 0. The van der Waals surface area contributed by atoms with E-state index in [0.717, 1.165) is 5.92 Å². The van der Waals surface area contributed by atoms with Gasteiger partial charge >= 0.3 is 11.9 Å². The normalized spacial score (nSPS) is 20.7. The summed E-state index contributed by atoms with van der Waals surface area (Å²) in [5.41, 5.74) is 1.94. The first-order valence-electron chi connectivity index (χ1n) is 10.4. The van der Waals surface area contributed by atoms with Crippen molar-refractivity contribution >= 4 is 11.9 Å². The molecule has 1 atom stereocenters. The van der Waals surface area contributed by atoms with Crippen LogP contribution in [0.5, 0.6) is 0 Å². The molecule has 0 amide bonds. The molecule has 1 fully saturated rings. The van der Waals surface area contributed by atoms with Gasteiger partial charge < -0.3 is 9.47 Å². The average molecular weight is 375 g/mol. The van der Waals surface area contributed by atoms with Crippen molar-refractivity contribution in [2.45, 2.75) is 77.0 Å². The van der Waals surface area contributed by atoms with E-state index in [1.54, 1.807) is 6.92 Å². The summed E-state index contributed by atoms with van der Waals surface area (Å²) in [7, 11) is 1.29. The zero-order valence-electron chi connectivity index (χ0n) is 17.0. The molecule has 0 aromatic heterocycles. The number of methoxy groups -OCH3 is 1. The number of hydrogen-bond acceptors (Lipinski definition) is 4. The molecule has 1 aromatic carbocycles. The lowest BCUT2D eigenvalue weighted by Crippen LogP contribution is -2.25. The van der Waals surface area contributed by atoms with E-state index < -0.39 is 17.9 Å². The first-order chi connectivity index (χ1) is 13.1. The van der Waals surface area contributed by atoms with Gasteiger partial charge in [0.05, 0.1) is 13.7 Å². The van der Waals surface area contributed by atoms with Gasteiger partial charge in [0.15, 0.2) is 5.92 Å². The molecule has 4 heteroatoms. The predicted molar refractivity (Wildman–Crippen MR) is 107 cm³/mol. The molecular weight excluding hydrogens is 340 g/mol. The zero-order chi connectivity index (χ0) is 19.6. The maximum absolute atomic E-state index is 12.2. The van der Waals surface area contributed by atoms with Crippen LogP contribution in [0, 0.1) is 5.92 Å². The maximum atomic E-state index is 12.2. The van der Waals surface area contributed by atoms with E-state index in [0.29, 0.717) is 11.5 Å². The number of unbranched alkanes of at least 4 members (excludes halogenated alkanes) is 2. The van der Waals surface area contributed by atoms with Crippen LogP contribution >= 0.6 is 0 Å². The van der Waals surface area contributed by atoms with Crippen molar-refractivity contribution in [2.24, 2.45) is 5.92 Å². The van der Waals surface area contributed by atoms with E-state index >= 15 is 0 Å². The molecule has 0 bridgehead atoms. The predicted octanol–water partition coefficient (Wildman–Crippen LogP) is 5.36. The second-order valence-corrected chi connectivity index (χ2v) is 7.59. The van der Waals surface area contributed by atoms with Gasteiger partial charge in [-0.3, -0.25) is 9.59 Å². The highest BCUT2D eigenvalue weighted by atomic mass is 16.5. The highest BCUT2D eigenvalue weighted by molar-refractivity contribution is 6.00. The second-order valence-electron chi connectivity index (χ2n) is 7.59. The minimum absolute atomic E-state index is 0.242. The van der Waals surface area contributed by atoms with E-state index in [1.165, 1.54) is 64.0 Å². The van der Waals surface area contributed by atoms with Gasteiger partial charge in [-0.15, -0.1) is 0 Å². The van der Waals surface area contributed by atoms with E-state index in [9.17, 15) is 9.59 Å². The van der Waals surface area contributed by atoms with Crippen molar-refractivity contribution in [3.05, 3.63) is 35.4 Å². The molecule has 1 saturated carbocycles. The van der Waals surface area contributed by atoms with Gasteiger partial charge in [0.2, 0.25) is 0 Å². The summed E-state index contributed by atoms with van der Waals surface area (Å²) >= 11 is 0. The Kier molecular flexibility index (Phi) is 8.83. The van der Waals surface area contributed by atoms with Gasteiger partial charge in [0.25, 0.3) is 0 Å². The monoisotopic (exact) mass is 374 g/mol. The maximum Gasteiger partial charge on any atom is 0.324 e. The van der Waals surface area contributed by atoms with Crippen molar-refractivity contribution in [2.75, 3.05) is 13.7 Å². The molecule has 1 aliphatic carbocycles. The minimum Gasteiger partial charge on any atom is -0.468 e. The van der Waals surface area contributed by atoms with Gasteiger partial charge in [-0.25, -0.2) is 0 Å². The summed E-state index contributed by atoms with van der Waals surface area (Å²) in [6.07, 6.45) is 10.5. The Morgan fingerprint density at radius 2 is 1.67 bits per heavy atom. The number of esters is 2. The molecule has 0 aliphatic heterocycles. The highest BCUT2D eigenvalue weighted by Crippen LogP contribution is 2.38. The van der Waals surface area contributed by atoms with E-state index in [2.05, 4.69) is 19.1 Å². The lowest BCUT2D eigenvalue weighted by atomic mass is 9.77. The first kappa shape index (κ1) is 21.5. The zero-order valence-corrected chi connectivity index (χ0v) is 17.0. The molecule has 0 saturated heterocycles. The Balaban J connectivity index is 1.98. The largest absolute Gasteiger partial charge is 0.468 e. The quantitative estimate of drug-likeness (QED) is 0.332. The van der Waals surface area contributed by atoms with Crippen LogP contribution in [0.15, 0.2) is 24.3 Å². The third-order valence-corrected chi connectivity index (χ3v) is 5.76. The summed E-state index contributed by atoms with van der Waals surface area (Å²) in [5.74, 6) is -0.656. The number of carbonyl (C=O) groups is 2. The molecule has 27 heavy (non-hydrogen) atoms. The van der Waals surface area contributed by atoms with Gasteiger partial charge in [-0.05, 0) is 55.6 Å². The van der Waals surface area contributed by atoms with E-state index in [4.69, 9.17) is 9.47 Å². The summed E-state index contributed by atoms with van der Waals surface area (Å²) < 4.78 is 9.83. The molecule has 1 unspecified atom stereocenters. The Hall–Kier alpha value is -1.84. The average Bonchev–Trinajstić information content (AvgIpc) is 2.69. The number of rotatable bonds is 9. The molecule has 4 nitrogen and oxygen atoms in total. The summed E-state index contributed by atoms with van der Waals surface area (Å²) in [4.78, 5) is 24.2. The molecule has 1 aliphatic rings. The van der Waals surface area contributed by atoms with Gasteiger partial charge in [-0.2, -0.15) is 0 Å². The van der Waals surface area contributed by atoms with Crippen molar-refractivity contribution in [3.8, 4) is 0 Å². The van der Waals surface area contributed by atoms with Crippen LogP contribution < -0.4 is 0 Å². The van der Waals surface area contributed by atoms with Crippen LogP contribution in [0.3, 0.4) is 0 Å². The molecule has 0 N–H and O–H groups in total. The fourth-order valence-electron chi connectivity index (χ4n) is 4.14. The van der Waals surface area contributed by atoms with Crippen LogP contribution in [0.25, 0.3) is 0 Å². The number of hydrogen-bond donors (Lipinski definition) is 0. The minimum atomic E-state index is -1.00. The Morgan fingerprint density at radius 3 is 2.22 bits per heavy atom. The van der Waals surface area contributed by atoms with Crippen LogP contribution in [-0.4, -0.2) is 25.7 Å². The van der Waals surface area contributed by atoms with E-state index in [1.807, 2.05) is 12.1 Å².